The van der Waals surface area contributed by atoms with E-state index in [0.29, 0.717) is 24.8 Å². The van der Waals surface area contributed by atoms with Gasteiger partial charge in [0, 0.05) is 25.4 Å². The summed E-state index contributed by atoms with van der Waals surface area (Å²) in [5, 5.41) is 33.5. The molecule has 0 aliphatic carbocycles. The van der Waals surface area contributed by atoms with Crippen molar-refractivity contribution in [3.8, 4) is 0 Å². The highest BCUT2D eigenvalue weighted by Crippen LogP contribution is 2.21. The van der Waals surface area contributed by atoms with Gasteiger partial charge in [-0.3, -0.25) is 4.79 Å². The van der Waals surface area contributed by atoms with E-state index in [2.05, 4.69) is 16.4 Å². The number of fused-ring (bicyclic) bond motifs is 1. The summed E-state index contributed by atoms with van der Waals surface area (Å²) in [6.07, 6.45) is 2.41. The van der Waals surface area contributed by atoms with Crippen LogP contribution in [0, 0.1) is 0 Å². The van der Waals surface area contributed by atoms with E-state index >= 15 is 0 Å². The van der Waals surface area contributed by atoms with Crippen molar-refractivity contribution in [1.29, 1.82) is 0 Å². The molecule has 1 aliphatic heterocycles. The van der Waals surface area contributed by atoms with Crippen molar-refractivity contribution in [2.24, 2.45) is 0 Å². The summed E-state index contributed by atoms with van der Waals surface area (Å²) in [5.74, 6) is -1.25. The quantitative estimate of drug-likeness (QED) is 0.279. The number of hydrogen-bond acceptors (Lipinski definition) is 8. The standard InChI is InChI=1S/C24H31N3O6/c28-16-13-20(23(30)31)27(33-24(32)21(29)17-7-2-1-3-8-17)15-5-4-10-19-12-11-18-9-6-14-25-22(18)26-19/h1-3,7-8,11-12,20-21,28-29H,4-6,9-10,13-16H2,(H,25,26)(H,30,31)/t20-,21?/m0/s1. The van der Waals surface area contributed by atoms with Crippen molar-refractivity contribution in [2.45, 2.75) is 50.7 Å². The number of aryl methyl sites for hydroxylation is 2. The van der Waals surface area contributed by atoms with Gasteiger partial charge in [-0.2, -0.15) is 0 Å². The number of aromatic nitrogens is 1. The zero-order valence-corrected chi connectivity index (χ0v) is 18.5. The van der Waals surface area contributed by atoms with E-state index in [1.54, 1.807) is 30.3 Å². The maximum Gasteiger partial charge on any atom is 0.358 e. The first-order valence-electron chi connectivity index (χ1n) is 11.3. The zero-order chi connectivity index (χ0) is 23.6. The van der Waals surface area contributed by atoms with Crippen LogP contribution < -0.4 is 5.32 Å². The number of carboxylic acids is 1. The molecule has 3 rings (SSSR count). The number of aliphatic hydroxyl groups excluding tert-OH is 2. The summed E-state index contributed by atoms with van der Waals surface area (Å²) >= 11 is 0. The Hall–Kier alpha value is -3.01. The lowest BCUT2D eigenvalue weighted by Crippen LogP contribution is -2.44. The van der Waals surface area contributed by atoms with Crippen molar-refractivity contribution in [3.05, 3.63) is 59.3 Å². The summed E-state index contributed by atoms with van der Waals surface area (Å²) < 4.78 is 0. The lowest BCUT2D eigenvalue weighted by Gasteiger charge is -2.27. The summed E-state index contributed by atoms with van der Waals surface area (Å²) in [6, 6.07) is 11.2. The Morgan fingerprint density at radius 1 is 1.15 bits per heavy atom. The van der Waals surface area contributed by atoms with Crippen LogP contribution in [0.2, 0.25) is 0 Å². The Bertz CT molecular complexity index is 924. The highest BCUT2D eigenvalue weighted by atomic mass is 16.7. The number of pyridine rings is 1. The van der Waals surface area contributed by atoms with Gasteiger partial charge in [0.15, 0.2) is 6.10 Å². The van der Waals surface area contributed by atoms with E-state index in [1.807, 2.05) is 6.07 Å². The molecule has 2 atom stereocenters. The molecule has 1 unspecified atom stereocenters. The average molecular weight is 458 g/mol. The number of carboxylic acid groups (broad SMARTS) is 1. The molecule has 178 valence electrons. The van der Waals surface area contributed by atoms with Gasteiger partial charge in [0.05, 0.1) is 0 Å². The van der Waals surface area contributed by atoms with Crippen molar-refractivity contribution >= 4 is 17.8 Å². The number of aliphatic hydroxyl groups is 2. The molecule has 0 amide bonds. The molecule has 9 heteroatoms. The van der Waals surface area contributed by atoms with E-state index in [-0.39, 0.29) is 19.6 Å². The van der Waals surface area contributed by atoms with Gasteiger partial charge < -0.3 is 25.5 Å². The smallest absolute Gasteiger partial charge is 0.358 e. The molecule has 0 spiro atoms. The molecule has 2 aromatic rings. The number of hydroxylamine groups is 2. The molecular weight excluding hydrogens is 426 g/mol. The van der Waals surface area contributed by atoms with Crippen molar-refractivity contribution in [2.75, 3.05) is 25.0 Å². The van der Waals surface area contributed by atoms with Gasteiger partial charge in [-0.25, -0.2) is 9.78 Å². The third-order valence-electron chi connectivity index (χ3n) is 5.59. The number of nitrogens with zero attached hydrogens (tertiary/aromatic N) is 2. The molecule has 1 aliphatic rings. The number of carbonyl (C=O) groups is 2. The molecular formula is C24H31N3O6. The average Bonchev–Trinajstić information content (AvgIpc) is 2.84. The first-order chi connectivity index (χ1) is 16.0. The van der Waals surface area contributed by atoms with Crippen LogP contribution in [-0.2, 0) is 27.3 Å². The second-order valence-electron chi connectivity index (χ2n) is 8.03. The summed E-state index contributed by atoms with van der Waals surface area (Å²) in [6.45, 7) is 0.686. The monoisotopic (exact) mass is 457 g/mol. The molecule has 0 saturated heterocycles. The minimum absolute atomic E-state index is 0.109. The normalized spacial score (nSPS) is 14.8. The number of nitrogens with one attached hydrogen (secondary N) is 1. The minimum Gasteiger partial charge on any atom is -0.480 e. The molecule has 2 heterocycles. The number of unbranched alkanes of at least 4 members (excludes halogenated alkanes) is 1. The Labute approximate surface area is 193 Å². The summed E-state index contributed by atoms with van der Waals surface area (Å²) in [4.78, 5) is 34.2. The molecule has 4 N–H and O–H groups in total. The Balaban J connectivity index is 1.59. The van der Waals surface area contributed by atoms with Crippen molar-refractivity contribution < 1.29 is 29.7 Å². The lowest BCUT2D eigenvalue weighted by atomic mass is 10.1. The van der Waals surface area contributed by atoms with Gasteiger partial charge in [0.2, 0.25) is 0 Å². The van der Waals surface area contributed by atoms with Gasteiger partial charge >= 0.3 is 11.9 Å². The van der Waals surface area contributed by atoms with Crippen molar-refractivity contribution in [3.63, 3.8) is 0 Å². The number of anilines is 1. The van der Waals surface area contributed by atoms with Crippen LogP contribution in [0.4, 0.5) is 5.82 Å². The highest BCUT2D eigenvalue weighted by molar-refractivity contribution is 5.77. The van der Waals surface area contributed by atoms with Crippen LogP contribution in [0.15, 0.2) is 42.5 Å². The topological polar surface area (TPSA) is 132 Å². The maximum absolute atomic E-state index is 12.5. The van der Waals surface area contributed by atoms with Gasteiger partial charge in [-0.1, -0.05) is 36.4 Å². The Morgan fingerprint density at radius 2 is 1.94 bits per heavy atom. The predicted octanol–water partition coefficient (Wildman–Crippen LogP) is 2.09. The van der Waals surface area contributed by atoms with Crippen LogP contribution >= 0.6 is 0 Å². The van der Waals surface area contributed by atoms with Gasteiger partial charge in [0.1, 0.15) is 11.9 Å². The first-order valence-corrected chi connectivity index (χ1v) is 11.3. The van der Waals surface area contributed by atoms with E-state index in [0.717, 1.165) is 36.0 Å². The molecule has 9 nitrogen and oxygen atoms in total. The van der Waals surface area contributed by atoms with Crippen LogP contribution in [-0.4, -0.2) is 63.0 Å². The number of hydrogen-bond donors (Lipinski definition) is 4. The first kappa shape index (κ1) is 24.6. The predicted molar refractivity (Wildman–Crippen MR) is 121 cm³/mol. The molecule has 0 saturated carbocycles. The molecule has 0 bridgehead atoms. The highest BCUT2D eigenvalue weighted by Gasteiger charge is 2.31. The second kappa shape index (κ2) is 12.3. The van der Waals surface area contributed by atoms with Crippen molar-refractivity contribution in [1.82, 2.24) is 10.0 Å². The van der Waals surface area contributed by atoms with E-state index in [9.17, 15) is 24.9 Å². The van der Waals surface area contributed by atoms with Gasteiger partial charge in [-0.15, -0.1) is 5.06 Å². The third-order valence-corrected chi connectivity index (χ3v) is 5.59. The molecule has 33 heavy (non-hydrogen) atoms. The Morgan fingerprint density at radius 3 is 2.67 bits per heavy atom. The van der Waals surface area contributed by atoms with E-state index in [1.165, 1.54) is 5.56 Å². The maximum atomic E-state index is 12.5. The summed E-state index contributed by atoms with van der Waals surface area (Å²) in [7, 11) is 0. The SMILES string of the molecule is O=C(ON(CCCCc1ccc2c(n1)NCCC2)[C@@H](CCO)C(=O)O)C(O)c1ccccc1. The molecule has 0 radical (unpaired) electrons. The Kier molecular flexibility index (Phi) is 9.17. The molecule has 1 aromatic heterocycles. The zero-order valence-electron chi connectivity index (χ0n) is 18.5. The van der Waals surface area contributed by atoms with Crippen LogP contribution in [0.5, 0.6) is 0 Å². The number of carbonyl (C=O) groups excluding carboxylic acids is 1. The fraction of sp³-hybridized carbons (Fsp3) is 0.458. The second-order valence-corrected chi connectivity index (χ2v) is 8.03. The van der Waals surface area contributed by atoms with Gasteiger partial charge in [0.25, 0.3) is 0 Å². The van der Waals surface area contributed by atoms with Crippen LogP contribution in [0.1, 0.15) is 48.6 Å². The lowest BCUT2D eigenvalue weighted by molar-refractivity contribution is -0.216. The fourth-order valence-electron chi connectivity index (χ4n) is 3.80. The van der Waals surface area contributed by atoms with Crippen LogP contribution in [0.25, 0.3) is 0 Å². The van der Waals surface area contributed by atoms with Crippen LogP contribution in [0.3, 0.4) is 0 Å². The number of rotatable bonds is 12. The molecule has 0 fully saturated rings. The minimum atomic E-state index is -1.54. The third kappa shape index (κ3) is 6.98. The van der Waals surface area contributed by atoms with E-state index in [4.69, 9.17) is 4.84 Å². The summed E-state index contributed by atoms with van der Waals surface area (Å²) in [5.41, 5.74) is 2.51. The van der Waals surface area contributed by atoms with Gasteiger partial charge in [-0.05, 0) is 55.7 Å². The number of aliphatic carboxylic acids is 1. The fourth-order valence-corrected chi connectivity index (χ4v) is 3.80. The largest absolute Gasteiger partial charge is 0.480 e. The molecule has 1 aromatic carbocycles. The number of benzene rings is 1. The van der Waals surface area contributed by atoms with E-state index < -0.39 is 24.1 Å².